The van der Waals surface area contributed by atoms with E-state index < -0.39 is 0 Å². The van der Waals surface area contributed by atoms with E-state index in [1.807, 2.05) is 29.8 Å². The smallest absolute Gasteiger partial charge is 0.119 e. The van der Waals surface area contributed by atoms with Gasteiger partial charge in [-0.25, -0.2) is 4.68 Å². The second-order valence-electron chi connectivity index (χ2n) is 5.35. The molecule has 114 valence electrons. The minimum Gasteiger partial charge on any atom is -0.492 e. The summed E-state index contributed by atoms with van der Waals surface area (Å²) in [4.78, 5) is 0. The van der Waals surface area contributed by atoms with Crippen LogP contribution in [0.4, 0.5) is 0 Å². The predicted molar refractivity (Wildman–Crippen MR) is 83.4 cm³/mol. The highest BCUT2D eigenvalue weighted by molar-refractivity contribution is 5.27. The monoisotopic (exact) mass is 288 g/mol. The number of hydrogen-bond donors (Lipinski definition) is 1. The zero-order valence-corrected chi connectivity index (χ0v) is 13.3. The average molecular weight is 288 g/mol. The molecule has 0 saturated carbocycles. The molecule has 0 fully saturated rings. The van der Waals surface area contributed by atoms with Crippen LogP contribution in [-0.4, -0.2) is 27.6 Å². The number of rotatable bonds is 7. The number of aryl methyl sites for hydroxylation is 3. The summed E-state index contributed by atoms with van der Waals surface area (Å²) in [6.07, 6.45) is 0. The Morgan fingerprint density at radius 3 is 2.86 bits per heavy atom. The largest absolute Gasteiger partial charge is 0.492 e. The highest BCUT2D eigenvalue weighted by Gasteiger charge is 2.10. The molecule has 21 heavy (non-hydrogen) atoms. The first-order chi connectivity index (χ1) is 10.1. The van der Waals surface area contributed by atoms with Gasteiger partial charge in [0.05, 0.1) is 11.4 Å². The fourth-order valence-corrected chi connectivity index (χ4v) is 2.15. The summed E-state index contributed by atoms with van der Waals surface area (Å²) in [6, 6.07) is 8.37. The zero-order valence-electron chi connectivity index (χ0n) is 13.3. The zero-order chi connectivity index (χ0) is 15.2. The molecule has 0 radical (unpaired) electrons. The van der Waals surface area contributed by atoms with Crippen molar-refractivity contribution in [1.29, 1.82) is 0 Å². The molecule has 1 aromatic heterocycles. The molecule has 0 aliphatic heterocycles. The van der Waals surface area contributed by atoms with Crippen molar-refractivity contribution in [1.82, 2.24) is 20.3 Å². The fraction of sp³-hybridized carbons (Fsp3) is 0.500. The molecule has 0 spiro atoms. The molecule has 0 aliphatic rings. The van der Waals surface area contributed by atoms with Gasteiger partial charge in [-0.05, 0) is 45.4 Å². The van der Waals surface area contributed by atoms with Crippen LogP contribution < -0.4 is 10.1 Å². The lowest BCUT2D eigenvalue weighted by molar-refractivity contribution is 0.271. The summed E-state index contributed by atoms with van der Waals surface area (Å²) in [5.74, 6) is 0.917. The molecule has 1 aromatic carbocycles. The van der Waals surface area contributed by atoms with Crippen LogP contribution in [0.25, 0.3) is 0 Å². The molecule has 2 rings (SSSR count). The van der Waals surface area contributed by atoms with Gasteiger partial charge in [-0.15, -0.1) is 5.10 Å². The minimum atomic E-state index is 0.255. The molecule has 0 amide bonds. The Morgan fingerprint density at radius 1 is 1.33 bits per heavy atom. The standard InChI is InChI=1S/C16H24N4O/c1-5-20-16(14(4)18-19-20)10-17-13(3)11-21-15-8-6-7-12(2)9-15/h6-9,13,17H,5,10-11H2,1-4H3. The Bertz CT molecular complexity index is 579. The van der Waals surface area contributed by atoms with E-state index in [1.165, 1.54) is 5.56 Å². The van der Waals surface area contributed by atoms with Gasteiger partial charge in [0.15, 0.2) is 0 Å². The minimum absolute atomic E-state index is 0.255. The second-order valence-corrected chi connectivity index (χ2v) is 5.35. The Kier molecular flexibility index (Phi) is 5.33. The summed E-state index contributed by atoms with van der Waals surface area (Å²) in [5.41, 5.74) is 3.33. The molecule has 0 bridgehead atoms. The molecule has 2 aromatic rings. The molecule has 5 heteroatoms. The molecular formula is C16H24N4O. The first-order valence-corrected chi connectivity index (χ1v) is 7.42. The number of benzene rings is 1. The van der Waals surface area contributed by atoms with E-state index >= 15 is 0 Å². The summed E-state index contributed by atoms with van der Waals surface area (Å²) in [7, 11) is 0. The number of hydrogen-bond acceptors (Lipinski definition) is 4. The first-order valence-electron chi connectivity index (χ1n) is 7.42. The van der Waals surface area contributed by atoms with E-state index in [0.717, 1.165) is 30.2 Å². The van der Waals surface area contributed by atoms with E-state index in [-0.39, 0.29) is 6.04 Å². The van der Waals surface area contributed by atoms with Gasteiger partial charge >= 0.3 is 0 Å². The third kappa shape index (κ3) is 4.29. The lowest BCUT2D eigenvalue weighted by Crippen LogP contribution is -2.32. The van der Waals surface area contributed by atoms with Crippen molar-refractivity contribution in [3.05, 3.63) is 41.2 Å². The normalized spacial score (nSPS) is 12.4. The van der Waals surface area contributed by atoms with Crippen LogP contribution in [0.5, 0.6) is 5.75 Å². The summed E-state index contributed by atoms with van der Waals surface area (Å²) in [6.45, 7) is 10.5. The lowest BCUT2D eigenvalue weighted by Gasteiger charge is -2.15. The van der Waals surface area contributed by atoms with Crippen molar-refractivity contribution in [2.24, 2.45) is 0 Å². The average Bonchev–Trinajstić information content (AvgIpc) is 2.83. The lowest BCUT2D eigenvalue weighted by atomic mass is 10.2. The van der Waals surface area contributed by atoms with E-state index in [4.69, 9.17) is 4.74 Å². The quantitative estimate of drug-likeness (QED) is 0.850. The second kappa shape index (κ2) is 7.22. The Balaban J connectivity index is 1.82. The SMILES string of the molecule is CCn1nnc(C)c1CNC(C)COc1cccc(C)c1. The number of aromatic nitrogens is 3. The van der Waals surface area contributed by atoms with Crippen molar-refractivity contribution < 1.29 is 4.74 Å². The Morgan fingerprint density at radius 2 is 2.14 bits per heavy atom. The van der Waals surface area contributed by atoms with Crippen molar-refractivity contribution in [2.75, 3.05) is 6.61 Å². The van der Waals surface area contributed by atoms with E-state index in [9.17, 15) is 0 Å². The van der Waals surface area contributed by atoms with Crippen molar-refractivity contribution in [2.45, 2.75) is 46.8 Å². The van der Waals surface area contributed by atoms with Crippen LogP contribution >= 0.6 is 0 Å². The molecular weight excluding hydrogens is 264 g/mol. The summed E-state index contributed by atoms with van der Waals surface area (Å²) in [5, 5.41) is 11.7. The topological polar surface area (TPSA) is 52.0 Å². The van der Waals surface area contributed by atoms with Crippen LogP contribution in [0, 0.1) is 13.8 Å². The molecule has 1 atom stereocenters. The van der Waals surface area contributed by atoms with Gasteiger partial charge in [0.25, 0.3) is 0 Å². The first kappa shape index (κ1) is 15.5. The number of ether oxygens (including phenoxy) is 1. The molecule has 0 saturated heterocycles. The maximum absolute atomic E-state index is 5.80. The predicted octanol–water partition coefficient (Wildman–Crippen LogP) is 2.47. The van der Waals surface area contributed by atoms with Crippen molar-refractivity contribution in [3.63, 3.8) is 0 Å². The van der Waals surface area contributed by atoms with Crippen LogP contribution in [0.3, 0.4) is 0 Å². The summed E-state index contributed by atoms with van der Waals surface area (Å²) < 4.78 is 7.73. The van der Waals surface area contributed by atoms with Crippen LogP contribution in [-0.2, 0) is 13.1 Å². The maximum Gasteiger partial charge on any atom is 0.119 e. The molecule has 0 aliphatic carbocycles. The third-order valence-electron chi connectivity index (χ3n) is 3.44. The van der Waals surface area contributed by atoms with Crippen LogP contribution in [0.1, 0.15) is 30.8 Å². The number of nitrogens with zero attached hydrogens (tertiary/aromatic N) is 3. The molecule has 1 heterocycles. The Labute approximate surface area is 126 Å². The van der Waals surface area contributed by atoms with Crippen molar-refractivity contribution in [3.8, 4) is 5.75 Å². The third-order valence-corrected chi connectivity index (χ3v) is 3.44. The van der Waals surface area contributed by atoms with Gasteiger partial charge in [-0.2, -0.15) is 0 Å². The summed E-state index contributed by atoms with van der Waals surface area (Å²) >= 11 is 0. The van der Waals surface area contributed by atoms with Gasteiger partial charge in [0.1, 0.15) is 12.4 Å². The van der Waals surface area contributed by atoms with Gasteiger partial charge < -0.3 is 10.1 Å². The van der Waals surface area contributed by atoms with E-state index in [1.54, 1.807) is 0 Å². The molecule has 1 N–H and O–H groups in total. The van der Waals surface area contributed by atoms with Gasteiger partial charge in [0, 0.05) is 19.1 Å². The highest BCUT2D eigenvalue weighted by atomic mass is 16.5. The van der Waals surface area contributed by atoms with Gasteiger partial charge in [-0.1, -0.05) is 17.3 Å². The maximum atomic E-state index is 5.80. The van der Waals surface area contributed by atoms with Crippen LogP contribution in [0.15, 0.2) is 24.3 Å². The molecule has 5 nitrogen and oxygen atoms in total. The van der Waals surface area contributed by atoms with Crippen molar-refractivity contribution >= 4 is 0 Å². The van der Waals surface area contributed by atoms with E-state index in [2.05, 4.69) is 42.5 Å². The van der Waals surface area contributed by atoms with E-state index in [0.29, 0.717) is 6.61 Å². The van der Waals surface area contributed by atoms with Gasteiger partial charge in [-0.3, -0.25) is 0 Å². The highest BCUT2D eigenvalue weighted by Crippen LogP contribution is 2.12. The fourth-order valence-electron chi connectivity index (χ4n) is 2.15. The van der Waals surface area contributed by atoms with Crippen LogP contribution in [0.2, 0.25) is 0 Å². The van der Waals surface area contributed by atoms with Gasteiger partial charge in [0.2, 0.25) is 0 Å². The molecule has 1 unspecified atom stereocenters. The Hall–Kier alpha value is -1.88. The number of nitrogens with one attached hydrogen (secondary N) is 1.